The number of rotatable bonds is 12. The van der Waals surface area contributed by atoms with Crippen LogP contribution in [0.2, 0.25) is 0 Å². The molecule has 0 nitrogen and oxygen atoms in total. The van der Waals surface area contributed by atoms with E-state index in [-0.39, 0.29) is 0 Å². The molecule has 410 valence electrons. The Morgan fingerprint density at radius 1 is 0.575 bits per heavy atom. The quantitative estimate of drug-likeness (QED) is 0.0650. The predicted molar refractivity (Wildman–Crippen MR) is 353 cm³/mol. The number of fused-ring (bicyclic) bond motifs is 3. The van der Waals surface area contributed by atoms with Crippen LogP contribution in [-0.2, 0) is 23.7 Å². The Labute approximate surface area is 484 Å². The molecule has 0 spiro atoms. The van der Waals surface area contributed by atoms with Gasteiger partial charge in [0.15, 0.2) is 0 Å². The monoisotopic (exact) mass is 1050 g/mol. The Balaban J connectivity index is 0.000000288. The van der Waals surface area contributed by atoms with Gasteiger partial charge in [-0.15, -0.1) is 13.2 Å². The molecule has 3 atom stereocenters. The first-order valence-corrected chi connectivity index (χ1v) is 29.4. The van der Waals surface area contributed by atoms with Crippen LogP contribution in [0, 0.1) is 33.6 Å². The van der Waals surface area contributed by atoms with Crippen molar-refractivity contribution < 1.29 is 0 Å². The van der Waals surface area contributed by atoms with Crippen molar-refractivity contribution in [3.05, 3.63) is 324 Å². The van der Waals surface area contributed by atoms with Gasteiger partial charge in [-0.25, -0.2) is 0 Å². The molecule has 3 aliphatic rings. The molecule has 0 saturated heterocycles. The van der Waals surface area contributed by atoms with E-state index in [1.807, 2.05) is 39.0 Å². The summed E-state index contributed by atoms with van der Waals surface area (Å²) in [6.07, 6.45) is 30.4. The highest BCUT2D eigenvalue weighted by Gasteiger charge is 2.49. The van der Waals surface area contributed by atoms with Crippen molar-refractivity contribution in [2.24, 2.45) is 5.92 Å². The first kappa shape index (κ1) is 61.4. The molecule has 0 aromatic heterocycles. The maximum Gasteiger partial charge on any atom is 0.0679 e. The van der Waals surface area contributed by atoms with Gasteiger partial charge in [0.1, 0.15) is 0 Å². The van der Waals surface area contributed by atoms with E-state index in [9.17, 15) is 0 Å². The van der Waals surface area contributed by atoms with Gasteiger partial charge in [-0.1, -0.05) is 288 Å². The molecule has 7 aromatic carbocycles. The molecular formula is C80H90. The summed E-state index contributed by atoms with van der Waals surface area (Å²) in [6, 6.07) is 67.7. The lowest BCUT2D eigenvalue weighted by atomic mass is 9.62. The number of allylic oxidation sites excluding steroid dienone is 11. The maximum atomic E-state index is 3.79. The smallest absolute Gasteiger partial charge is 0.0679 e. The molecule has 80 heavy (non-hydrogen) atoms. The average Bonchev–Trinajstić information content (AvgIpc) is 4.03. The highest BCUT2D eigenvalue weighted by Crippen LogP contribution is 2.61. The van der Waals surface area contributed by atoms with Gasteiger partial charge in [-0.2, -0.15) is 0 Å². The summed E-state index contributed by atoms with van der Waals surface area (Å²) in [5, 5.41) is 0. The molecule has 0 saturated carbocycles. The first-order valence-electron chi connectivity index (χ1n) is 29.4. The summed E-state index contributed by atoms with van der Waals surface area (Å²) >= 11 is 0. The van der Waals surface area contributed by atoms with Crippen molar-refractivity contribution in [3.8, 4) is 33.4 Å². The zero-order chi connectivity index (χ0) is 57.3. The van der Waals surface area contributed by atoms with E-state index in [1.54, 1.807) is 6.08 Å². The van der Waals surface area contributed by atoms with Gasteiger partial charge in [-0.3, -0.25) is 0 Å². The zero-order valence-electron chi connectivity index (χ0n) is 49.9. The second kappa shape index (κ2) is 31.1. The minimum atomic E-state index is -0.427. The fourth-order valence-corrected chi connectivity index (χ4v) is 11.3. The molecule has 0 fully saturated rings. The number of unbranched alkanes of at least 4 members (excludes halogenated alkanes) is 1. The average molecular weight is 1050 g/mol. The van der Waals surface area contributed by atoms with Crippen LogP contribution in [-0.4, -0.2) is 0 Å². The normalized spacial score (nSPS) is 17.1. The highest BCUT2D eigenvalue weighted by molar-refractivity contribution is 5.96. The van der Waals surface area contributed by atoms with E-state index in [1.165, 1.54) is 114 Å². The summed E-state index contributed by atoms with van der Waals surface area (Å²) < 4.78 is 0. The second-order valence-electron chi connectivity index (χ2n) is 21.7. The molecule has 7 aromatic rings. The molecule has 0 heterocycles. The van der Waals surface area contributed by atoms with Crippen molar-refractivity contribution in [3.63, 3.8) is 0 Å². The molecule has 10 rings (SSSR count). The third-order valence-electron chi connectivity index (χ3n) is 15.6. The van der Waals surface area contributed by atoms with Crippen LogP contribution in [0.25, 0.3) is 33.4 Å². The van der Waals surface area contributed by atoms with Crippen molar-refractivity contribution >= 4 is 0 Å². The summed E-state index contributed by atoms with van der Waals surface area (Å²) in [4.78, 5) is 0. The van der Waals surface area contributed by atoms with Gasteiger partial charge in [0.05, 0.1) is 5.41 Å². The van der Waals surface area contributed by atoms with Crippen LogP contribution < -0.4 is 0 Å². The fraction of sp³-hybridized carbons (Fsp3) is 0.250. The highest BCUT2D eigenvalue weighted by atomic mass is 14.5. The summed E-state index contributed by atoms with van der Waals surface area (Å²) in [5.41, 5.74) is 22.6. The largest absolute Gasteiger partial charge is 0.103 e. The SMILES string of the molecule is C=C/C=C\CCCc1ccc(-c2cccc3c2-c2ccc(-c4ccc(C)cccccc4C)cc2C3(C2=CC=CCC2C)c2ccccc2)cc1.C=CC.C=CCc1ccc(C)cc1.CC.Cc1ccc(C2(C)CC=CCC2)cc1. The van der Waals surface area contributed by atoms with Crippen LogP contribution in [0.15, 0.2) is 268 Å². The van der Waals surface area contributed by atoms with Crippen LogP contribution in [0.3, 0.4) is 0 Å². The van der Waals surface area contributed by atoms with Gasteiger partial charge < -0.3 is 0 Å². The van der Waals surface area contributed by atoms with Gasteiger partial charge in [0.2, 0.25) is 0 Å². The summed E-state index contributed by atoms with van der Waals surface area (Å²) in [5.74, 6) is 0.388. The second-order valence-corrected chi connectivity index (χ2v) is 21.7. The standard InChI is InChI=1S/C51H48.C14H18.C10H12.C3H6.C2H6/c1-5-6-7-8-13-22-40-29-31-41(32-30-40)45-25-18-27-48-50(45)46-35-33-42(44-34-28-37(2)19-11-9-12-20-38(44)3)36-49(46)51(48,43-23-14-10-15-24-43)47-26-17-16-21-39(47)4;1-12-6-8-13(9-7-12)14(2)10-4-3-5-11-14;1-3-4-10-7-5-9(2)6-8-10;1-3-2;1-2/h5-7,9-12,14-20,23-36,39H,1,8,13,21-22H2,2-4H3;3-4,6-9H,5,10-11H2,1-2H3;3,5-8H,1,4H2,2H3;3H,1H2,2H3;1-2H3/b7-6-,11-9?,12-9?,19-11?,20-12?,34-28?,37-19?,37-28?,38-20?,44-34?,44-38?;;;;. The Morgan fingerprint density at radius 2 is 1.19 bits per heavy atom. The van der Waals surface area contributed by atoms with E-state index >= 15 is 0 Å². The lowest BCUT2D eigenvalue weighted by Gasteiger charge is -2.39. The predicted octanol–water partition coefficient (Wildman–Crippen LogP) is 22.6. The zero-order valence-corrected chi connectivity index (χ0v) is 49.9. The molecule has 0 aliphatic heterocycles. The van der Waals surface area contributed by atoms with Crippen LogP contribution >= 0.6 is 0 Å². The minimum absolute atomic E-state index is 0.377. The van der Waals surface area contributed by atoms with Crippen LogP contribution in [0.5, 0.6) is 0 Å². The van der Waals surface area contributed by atoms with Crippen molar-refractivity contribution in [1.29, 1.82) is 0 Å². The molecule has 3 aliphatic carbocycles. The Kier molecular flexibility index (Phi) is 23.9. The van der Waals surface area contributed by atoms with E-state index in [0.717, 1.165) is 32.1 Å². The minimum Gasteiger partial charge on any atom is -0.103 e. The number of hydrogen-bond acceptors (Lipinski definition) is 0. The lowest BCUT2D eigenvalue weighted by Crippen LogP contribution is -2.33. The molecule has 0 N–H and O–H groups in total. The molecule has 3 unspecified atom stereocenters. The molecule has 0 bridgehead atoms. The Morgan fingerprint density at radius 3 is 1.84 bits per heavy atom. The van der Waals surface area contributed by atoms with Gasteiger partial charge in [0.25, 0.3) is 0 Å². The Hall–Kier alpha value is -7.80. The van der Waals surface area contributed by atoms with Crippen molar-refractivity contribution in [2.75, 3.05) is 0 Å². The third-order valence-corrected chi connectivity index (χ3v) is 15.6. The number of benzene rings is 6. The lowest BCUT2D eigenvalue weighted by molar-refractivity contribution is 0.428. The van der Waals surface area contributed by atoms with Crippen LogP contribution in [0.1, 0.15) is 129 Å². The third kappa shape index (κ3) is 15.5. The molecule has 0 heteroatoms. The number of hydrogen-bond donors (Lipinski definition) is 0. The van der Waals surface area contributed by atoms with Gasteiger partial charge in [0, 0.05) is 0 Å². The van der Waals surface area contributed by atoms with Crippen molar-refractivity contribution in [2.45, 2.75) is 125 Å². The van der Waals surface area contributed by atoms with Crippen LogP contribution in [0.4, 0.5) is 0 Å². The first-order chi connectivity index (χ1) is 39.0. The van der Waals surface area contributed by atoms with E-state index in [0.29, 0.717) is 11.3 Å². The molecule has 0 amide bonds. The fourth-order valence-electron chi connectivity index (χ4n) is 11.3. The van der Waals surface area contributed by atoms with E-state index < -0.39 is 5.41 Å². The maximum absolute atomic E-state index is 3.79. The topological polar surface area (TPSA) is 0 Å². The molecule has 0 radical (unpaired) electrons. The van der Waals surface area contributed by atoms with Gasteiger partial charge >= 0.3 is 0 Å². The van der Waals surface area contributed by atoms with Crippen molar-refractivity contribution in [1.82, 2.24) is 0 Å². The Bertz CT molecular complexity index is 3280. The summed E-state index contributed by atoms with van der Waals surface area (Å²) in [7, 11) is 0. The summed E-state index contributed by atoms with van der Waals surface area (Å²) in [6.45, 7) is 30.1. The number of aryl methyl sites for hydroxylation is 5. The molecular weight excluding hydrogens is 961 g/mol. The van der Waals surface area contributed by atoms with E-state index in [2.05, 4.69) is 280 Å². The van der Waals surface area contributed by atoms with E-state index in [4.69, 9.17) is 0 Å². The van der Waals surface area contributed by atoms with Gasteiger partial charge in [-0.05, 0) is 181 Å².